The van der Waals surface area contributed by atoms with E-state index >= 15 is 0 Å². The first-order chi connectivity index (χ1) is 8.15. The highest BCUT2D eigenvalue weighted by Crippen LogP contribution is 2.13. The van der Waals surface area contributed by atoms with Crippen molar-refractivity contribution >= 4 is 17.3 Å². The second kappa shape index (κ2) is 5.10. The SMILES string of the molecule is Fc1ccc(CNc2ccc(Cl)nc2)cc1F. The van der Waals surface area contributed by atoms with Crippen LogP contribution in [-0.4, -0.2) is 4.98 Å². The molecule has 0 aliphatic carbocycles. The number of anilines is 1. The Labute approximate surface area is 102 Å². The van der Waals surface area contributed by atoms with Crippen molar-refractivity contribution in [2.45, 2.75) is 6.54 Å². The monoisotopic (exact) mass is 254 g/mol. The van der Waals surface area contributed by atoms with Crippen molar-refractivity contribution in [3.05, 3.63) is 58.9 Å². The summed E-state index contributed by atoms with van der Waals surface area (Å²) in [5.41, 5.74) is 1.41. The molecule has 88 valence electrons. The predicted octanol–water partition coefficient (Wildman–Crippen LogP) is 3.63. The van der Waals surface area contributed by atoms with Crippen LogP contribution in [0.15, 0.2) is 36.5 Å². The molecule has 0 bridgehead atoms. The largest absolute Gasteiger partial charge is 0.380 e. The summed E-state index contributed by atoms with van der Waals surface area (Å²) < 4.78 is 25.6. The van der Waals surface area contributed by atoms with E-state index in [0.717, 1.165) is 17.8 Å². The van der Waals surface area contributed by atoms with Gasteiger partial charge in [-0.1, -0.05) is 17.7 Å². The molecule has 5 heteroatoms. The van der Waals surface area contributed by atoms with E-state index in [1.807, 2.05) is 0 Å². The zero-order valence-corrected chi connectivity index (χ0v) is 9.51. The summed E-state index contributed by atoms with van der Waals surface area (Å²) in [4.78, 5) is 3.89. The molecular formula is C12H9ClF2N2. The lowest BCUT2D eigenvalue weighted by atomic mass is 10.2. The molecule has 17 heavy (non-hydrogen) atoms. The lowest BCUT2D eigenvalue weighted by molar-refractivity contribution is 0.507. The van der Waals surface area contributed by atoms with E-state index in [9.17, 15) is 8.78 Å². The summed E-state index contributed by atoms with van der Waals surface area (Å²) in [6, 6.07) is 7.19. The third-order valence-corrected chi connectivity index (χ3v) is 2.43. The molecule has 0 spiro atoms. The molecule has 2 nitrogen and oxygen atoms in total. The van der Waals surface area contributed by atoms with Gasteiger partial charge in [0.05, 0.1) is 11.9 Å². The fourth-order valence-corrected chi connectivity index (χ4v) is 1.45. The maximum absolute atomic E-state index is 12.9. The van der Waals surface area contributed by atoms with Crippen molar-refractivity contribution in [3.63, 3.8) is 0 Å². The van der Waals surface area contributed by atoms with E-state index in [-0.39, 0.29) is 0 Å². The number of aromatic nitrogens is 1. The third kappa shape index (κ3) is 3.14. The smallest absolute Gasteiger partial charge is 0.159 e. The van der Waals surface area contributed by atoms with Crippen LogP contribution in [-0.2, 0) is 6.54 Å². The number of halogens is 3. The summed E-state index contributed by atoms with van der Waals surface area (Å²) in [7, 11) is 0. The second-order valence-corrected chi connectivity index (χ2v) is 3.86. The molecule has 0 saturated heterocycles. The molecule has 2 rings (SSSR count). The van der Waals surface area contributed by atoms with Crippen molar-refractivity contribution in [3.8, 4) is 0 Å². The van der Waals surface area contributed by atoms with Gasteiger partial charge in [0.15, 0.2) is 11.6 Å². The molecule has 0 atom stereocenters. The lowest BCUT2D eigenvalue weighted by Crippen LogP contribution is -2.00. The van der Waals surface area contributed by atoms with E-state index in [0.29, 0.717) is 17.3 Å². The number of hydrogen-bond acceptors (Lipinski definition) is 2. The quantitative estimate of drug-likeness (QED) is 0.846. The van der Waals surface area contributed by atoms with Gasteiger partial charge >= 0.3 is 0 Å². The summed E-state index contributed by atoms with van der Waals surface area (Å²) in [6.07, 6.45) is 1.57. The molecule has 0 saturated carbocycles. The molecule has 0 radical (unpaired) electrons. The summed E-state index contributed by atoms with van der Waals surface area (Å²) in [6.45, 7) is 0.389. The maximum atomic E-state index is 12.9. The van der Waals surface area contributed by atoms with Gasteiger partial charge in [-0.25, -0.2) is 13.8 Å². The average Bonchev–Trinajstić information content (AvgIpc) is 2.33. The molecule has 1 N–H and O–H groups in total. The maximum Gasteiger partial charge on any atom is 0.159 e. The molecule has 0 aliphatic heterocycles. The highest BCUT2D eigenvalue weighted by atomic mass is 35.5. The van der Waals surface area contributed by atoms with E-state index in [1.165, 1.54) is 6.07 Å². The van der Waals surface area contributed by atoms with Gasteiger partial charge in [0.25, 0.3) is 0 Å². The molecular weight excluding hydrogens is 246 g/mol. The van der Waals surface area contributed by atoms with Gasteiger partial charge in [0.1, 0.15) is 5.15 Å². The Kier molecular flexibility index (Phi) is 3.54. The van der Waals surface area contributed by atoms with E-state index in [2.05, 4.69) is 10.3 Å². The fourth-order valence-electron chi connectivity index (χ4n) is 1.33. The van der Waals surface area contributed by atoms with Crippen LogP contribution < -0.4 is 5.32 Å². The number of nitrogens with one attached hydrogen (secondary N) is 1. The Bertz CT molecular complexity index is 514. The van der Waals surface area contributed by atoms with Crippen LogP contribution in [0.1, 0.15) is 5.56 Å². The van der Waals surface area contributed by atoms with Gasteiger partial charge in [0.2, 0.25) is 0 Å². The number of benzene rings is 1. The average molecular weight is 255 g/mol. The molecule has 0 unspecified atom stereocenters. The predicted molar refractivity (Wildman–Crippen MR) is 62.9 cm³/mol. The number of nitrogens with zero attached hydrogens (tertiary/aromatic N) is 1. The minimum atomic E-state index is -0.849. The minimum Gasteiger partial charge on any atom is -0.380 e. The topological polar surface area (TPSA) is 24.9 Å². The first-order valence-corrected chi connectivity index (χ1v) is 5.32. The van der Waals surface area contributed by atoms with Gasteiger partial charge in [0, 0.05) is 6.54 Å². The van der Waals surface area contributed by atoms with Gasteiger partial charge < -0.3 is 5.32 Å². The van der Waals surface area contributed by atoms with Gasteiger partial charge in [-0.15, -0.1) is 0 Å². The van der Waals surface area contributed by atoms with Crippen molar-refractivity contribution in [1.29, 1.82) is 0 Å². The minimum absolute atomic E-state index is 0.389. The van der Waals surface area contributed by atoms with E-state index < -0.39 is 11.6 Å². The Morgan fingerprint density at radius 1 is 1.12 bits per heavy atom. The van der Waals surface area contributed by atoms with Crippen LogP contribution >= 0.6 is 11.6 Å². The second-order valence-electron chi connectivity index (χ2n) is 3.47. The fraction of sp³-hybridized carbons (Fsp3) is 0.0833. The Morgan fingerprint density at radius 3 is 2.59 bits per heavy atom. The van der Waals surface area contributed by atoms with Crippen molar-refractivity contribution < 1.29 is 8.78 Å². The van der Waals surface area contributed by atoms with Crippen LogP contribution in [0.2, 0.25) is 5.15 Å². The summed E-state index contributed by atoms with van der Waals surface area (Å²) in [5, 5.41) is 3.43. The number of rotatable bonds is 3. The summed E-state index contributed by atoms with van der Waals surface area (Å²) in [5.74, 6) is -1.69. The molecule has 0 amide bonds. The van der Waals surface area contributed by atoms with E-state index in [1.54, 1.807) is 18.3 Å². The standard InChI is InChI=1S/C12H9ClF2N2/c13-12-4-2-9(7-17-12)16-6-8-1-3-10(14)11(15)5-8/h1-5,7,16H,6H2. The first kappa shape index (κ1) is 11.8. The molecule has 1 aromatic heterocycles. The number of hydrogen-bond donors (Lipinski definition) is 1. The van der Waals surface area contributed by atoms with Gasteiger partial charge in [-0.3, -0.25) is 0 Å². The highest BCUT2D eigenvalue weighted by Gasteiger charge is 2.02. The zero-order chi connectivity index (χ0) is 12.3. The van der Waals surface area contributed by atoms with Crippen LogP contribution in [0.5, 0.6) is 0 Å². The third-order valence-electron chi connectivity index (χ3n) is 2.21. The molecule has 0 fully saturated rings. The van der Waals surface area contributed by atoms with Crippen LogP contribution in [0.25, 0.3) is 0 Å². The summed E-state index contributed by atoms with van der Waals surface area (Å²) >= 11 is 5.64. The number of pyridine rings is 1. The Morgan fingerprint density at radius 2 is 1.94 bits per heavy atom. The first-order valence-electron chi connectivity index (χ1n) is 4.94. The van der Waals surface area contributed by atoms with E-state index in [4.69, 9.17) is 11.6 Å². The molecule has 0 aliphatic rings. The highest BCUT2D eigenvalue weighted by molar-refractivity contribution is 6.29. The van der Waals surface area contributed by atoms with Crippen molar-refractivity contribution in [2.24, 2.45) is 0 Å². The van der Waals surface area contributed by atoms with Gasteiger partial charge in [-0.2, -0.15) is 0 Å². The van der Waals surface area contributed by atoms with Crippen LogP contribution in [0, 0.1) is 11.6 Å². The Balaban J connectivity index is 2.02. The van der Waals surface area contributed by atoms with Crippen molar-refractivity contribution in [1.82, 2.24) is 4.98 Å². The zero-order valence-electron chi connectivity index (χ0n) is 8.75. The molecule has 1 heterocycles. The lowest BCUT2D eigenvalue weighted by Gasteiger charge is -2.06. The Hall–Kier alpha value is -1.68. The molecule has 1 aromatic carbocycles. The van der Waals surface area contributed by atoms with Crippen molar-refractivity contribution in [2.75, 3.05) is 5.32 Å². The van der Waals surface area contributed by atoms with Gasteiger partial charge in [-0.05, 0) is 29.8 Å². The normalized spacial score (nSPS) is 10.3. The van der Waals surface area contributed by atoms with Crippen LogP contribution in [0.3, 0.4) is 0 Å². The van der Waals surface area contributed by atoms with Crippen LogP contribution in [0.4, 0.5) is 14.5 Å². The molecule has 2 aromatic rings.